The predicted octanol–water partition coefficient (Wildman–Crippen LogP) is 3.91. The van der Waals surface area contributed by atoms with Gasteiger partial charge in [-0.05, 0) is 24.8 Å². The second kappa shape index (κ2) is 6.37. The van der Waals surface area contributed by atoms with Crippen LogP contribution in [0, 0.1) is 0 Å². The Morgan fingerprint density at radius 3 is 2.67 bits per heavy atom. The Kier molecular flexibility index (Phi) is 4.81. The molecular formula is C15H20BrNO. The SMILES string of the molecule is CCC[C@H]1CC[C@@H](c2ccccc2)N1C(=O)CBr. The maximum atomic E-state index is 12.2. The number of nitrogens with zero attached hydrogens (tertiary/aromatic N) is 1. The Bertz CT molecular complexity index is 393. The molecule has 0 spiro atoms. The van der Waals surface area contributed by atoms with Crippen LogP contribution in [0.15, 0.2) is 30.3 Å². The van der Waals surface area contributed by atoms with Crippen LogP contribution < -0.4 is 0 Å². The third-order valence-corrected chi connectivity index (χ3v) is 4.19. The molecule has 1 aliphatic rings. The van der Waals surface area contributed by atoms with Crippen molar-refractivity contribution in [2.24, 2.45) is 0 Å². The van der Waals surface area contributed by atoms with Gasteiger partial charge in [0.1, 0.15) is 0 Å². The molecule has 1 aliphatic heterocycles. The third-order valence-electron chi connectivity index (χ3n) is 3.71. The van der Waals surface area contributed by atoms with Crippen molar-refractivity contribution < 1.29 is 4.79 Å². The predicted molar refractivity (Wildman–Crippen MR) is 77.8 cm³/mol. The van der Waals surface area contributed by atoms with E-state index in [2.05, 4.69) is 52.0 Å². The first-order valence-electron chi connectivity index (χ1n) is 6.70. The molecule has 2 nitrogen and oxygen atoms in total. The van der Waals surface area contributed by atoms with Gasteiger partial charge in [0.2, 0.25) is 5.91 Å². The maximum absolute atomic E-state index is 12.2. The van der Waals surface area contributed by atoms with Gasteiger partial charge in [-0.3, -0.25) is 4.79 Å². The van der Waals surface area contributed by atoms with Crippen molar-refractivity contribution in [2.45, 2.75) is 44.7 Å². The number of benzene rings is 1. The first-order chi connectivity index (χ1) is 8.77. The number of amides is 1. The van der Waals surface area contributed by atoms with Crippen LogP contribution in [0.2, 0.25) is 0 Å². The molecule has 0 saturated carbocycles. The summed E-state index contributed by atoms with van der Waals surface area (Å²) in [6.45, 7) is 2.19. The standard InChI is InChI=1S/C15H20BrNO/c1-2-6-13-9-10-14(17(13)15(18)11-16)12-7-4-3-5-8-12/h3-5,7-8,13-14H,2,6,9-11H2,1H3/t13-,14-/m0/s1. The number of carbonyl (C=O) groups is 1. The van der Waals surface area contributed by atoms with Crippen LogP contribution in [0.1, 0.15) is 44.2 Å². The molecule has 2 rings (SSSR count). The highest BCUT2D eigenvalue weighted by molar-refractivity contribution is 9.09. The lowest BCUT2D eigenvalue weighted by Crippen LogP contribution is -2.38. The van der Waals surface area contributed by atoms with E-state index in [1.54, 1.807) is 0 Å². The van der Waals surface area contributed by atoms with Gasteiger partial charge in [-0.15, -0.1) is 0 Å². The minimum Gasteiger partial charge on any atom is -0.332 e. The van der Waals surface area contributed by atoms with E-state index in [1.807, 2.05) is 6.07 Å². The minimum absolute atomic E-state index is 0.222. The molecule has 3 heteroatoms. The van der Waals surface area contributed by atoms with Gasteiger partial charge in [0.05, 0.1) is 11.4 Å². The molecule has 0 aromatic heterocycles. The van der Waals surface area contributed by atoms with Crippen LogP contribution in [-0.2, 0) is 4.79 Å². The van der Waals surface area contributed by atoms with Gasteiger partial charge in [-0.1, -0.05) is 59.6 Å². The molecule has 2 atom stereocenters. The van der Waals surface area contributed by atoms with Crippen molar-refractivity contribution in [1.29, 1.82) is 0 Å². The van der Waals surface area contributed by atoms with E-state index < -0.39 is 0 Å². The summed E-state index contributed by atoms with van der Waals surface area (Å²) in [6, 6.07) is 11.1. The highest BCUT2D eigenvalue weighted by Crippen LogP contribution is 2.37. The molecule has 0 radical (unpaired) electrons. The zero-order chi connectivity index (χ0) is 13.0. The monoisotopic (exact) mass is 309 g/mol. The van der Waals surface area contributed by atoms with Crippen LogP contribution in [0.5, 0.6) is 0 Å². The van der Waals surface area contributed by atoms with E-state index in [4.69, 9.17) is 0 Å². The lowest BCUT2D eigenvalue weighted by molar-refractivity contribution is -0.131. The van der Waals surface area contributed by atoms with Gasteiger partial charge >= 0.3 is 0 Å². The van der Waals surface area contributed by atoms with E-state index in [-0.39, 0.29) is 11.9 Å². The van der Waals surface area contributed by atoms with Crippen LogP contribution >= 0.6 is 15.9 Å². The Balaban J connectivity index is 2.22. The third kappa shape index (κ3) is 2.77. The number of carbonyl (C=O) groups excluding carboxylic acids is 1. The largest absolute Gasteiger partial charge is 0.332 e. The van der Waals surface area contributed by atoms with Gasteiger partial charge in [0.15, 0.2) is 0 Å². The molecule has 1 fully saturated rings. The molecule has 1 saturated heterocycles. The Morgan fingerprint density at radius 1 is 1.33 bits per heavy atom. The van der Waals surface area contributed by atoms with Crippen molar-refractivity contribution in [1.82, 2.24) is 4.90 Å². The number of halogens is 1. The first-order valence-corrected chi connectivity index (χ1v) is 7.82. The van der Waals surface area contributed by atoms with Gasteiger partial charge in [0.25, 0.3) is 0 Å². The summed E-state index contributed by atoms with van der Waals surface area (Å²) in [6.07, 6.45) is 4.47. The van der Waals surface area contributed by atoms with Gasteiger partial charge in [0, 0.05) is 6.04 Å². The zero-order valence-corrected chi connectivity index (χ0v) is 12.4. The number of alkyl halides is 1. The molecule has 0 unspecified atom stereocenters. The molecule has 1 amide bonds. The van der Waals surface area contributed by atoms with Gasteiger partial charge < -0.3 is 4.90 Å². The van der Waals surface area contributed by atoms with E-state index in [1.165, 1.54) is 5.56 Å². The molecular weight excluding hydrogens is 290 g/mol. The molecule has 1 heterocycles. The Morgan fingerprint density at radius 2 is 2.06 bits per heavy atom. The van der Waals surface area contributed by atoms with Crippen molar-refractivity contribution in [3.8, 4) is 0 Å². The number of hydrogen-bond donors (Lipinski definition) is 0. The number of hydrogen-bond acceptors (Lipinski definition) is 1. The summed E-state index contributed by atoms with van der Waals surface area (Å²) < 4.78 is 0. The topological polar surface area (TPSA) is 20.3 Å². The highest BCUT2D eigenvalue weighted by Gasteiger charge is 2.36. The summed E-state index contributed by atoms with van der Waals surface area (Å²) in [4.78, 5) is 14.3. The summed E-state index contributed by atoms with van der Waals surface area (Å²) in [5.41, 5.74) is 1.27. The number of rotatable bonds is 4. The first kappa shape index (κ1) is 13.6. The molecule has 1 aromatic rings. The van der Waals surface area contributed by atoms with Crippen molar-refractivity contribution in [2.75, 3.05) is 5.33 Å². The van der Waals surface area contributed by atoms with Crippen LogP contribution in [0.25, 0.3) is 0 Å². The fourth-order valence-corrected chi connectivity index (χ4v) is 3.24. The van der Waals surface area contributed by atoms with E-state index in [0.29, 0.717) is 11.4 Å². The zero-order valence-electron chi connectivity index (χ0n) is 10.8. The molecule has 98 valence electrons. The summed E-state index contributed by atoms with van der Waals surface area (Å²) in [7, 11) is 0. The average molecular weight is 310 g/mol. The quantitative estimate of drug-likeness (QED) is 0.772. The average Bonchev–Trinajstić information content (AvgIpc) is 2.83. The van der Waals surface area contributed by atoms with E-state index in [0.717, 1.165) is 25.7 Å². The molecule has 18 heavy (non-hydrogen) atoms. The molecule has 0 N–H and O–H groups in total. The van der Waals surface area contributed by atoms with Crippen molar-refractivity contribution >= 4 is 21.8 Å². The smallest absolute Gasteiger partial charge is 0.233 e. The van der Waals surface area contributed by atoms with Crippen molar-refractivity contribution in [3.05, 3.63) is 35.9 Å². The van der Waals surface area contributed by atoms with E-state index >= 15 is 0 Å². The minimum atomic E-state index is 0.222. The molecule has 0 aliphatic carbocycles. The number of likely N-dealkylation sites (tertiary alicyclic amines) is 1. The summed E-state index contributed by atoms with van der Waals surface area (Å²) in [5, 5.41) is 0.427. The fourth-order valence-electron chi connectivity index (χ4n) is 2.95. The Hall–Kier alpha value is -0.830. The van der Waals surface area contributed by atoms with Gasteiger partial charge in [-0.2, -0.15) is 0 Å². The van der Waals surface area contributed by atoms with Gasteiger partial charge in [-0.25, -0.2) is 0 Å². The van der Waals surface area contributed by atoms with Crippen LogP contribution in [0.4, 0.5) is 0 Å². The second-order valence-electron chi connectivity index (χ2n) is 4.88. The van der Waals surface area contributed by atoms with E-state index in [9.17, 15) is 4.79 Å². The Labute approximate surface area is 117 Å². The lowest BCUT2D eigenvalue weighted by Gasteiger charge is -2.30. The molecule has 0 bridgehead atoms. The molecule has 1 aromatic carbocycles. The fraction of sp³-hybridized carbons (Fsp3) is 0.533. The lowest BCUT2D eigenvalue weighted by atomic mass is 10.0. The highest BCUT2D eigenvalue weighted by atomic mass is 79.9. The van der Waals surface area contributed by atoms with Crippen molar-refractivity contribution in [3.63, 3.8) is 0 Å². The normalized spacial score (nSPS) is 23.3. The summed E-state index contributed by atoms with van der Waals surface area (Å²) >= 11 is 3.31. The summed E-state index contributed by atoms with van der Waals surface area (Å²) in [5.74, 6) is 0.222. The van der Waals surface area contributed by atoms with Crippen LogP contribution in [0.3, 0.4) is 0 Å². The second-order valence-corrected chi connectivity index (χ2v) is 5.44. The maximum Gasteiger partial charge on any atom is 0.233 e. The van der Waals surface area contributed by atoms with Crippen LogP contribution in [-0.4, -0.2) is 22.2 Å².